The van der Waals surface area contributed by atoms with Gasteiger partial charge in [-0.25, -0.2) is 0 Å². The maximum atomic E-state index is 10.8. The Labute approximate surface area is 104 Å². The molecule has 0 aliphatic carbocycles. The highest BCUT2D eigenvalue weighted by Gasteiger charge is 2.36. The van der Waals surface area contributed by atoms with Crippen LogP contribution < -0.4 is 0 Å². The highest BCUT2D eigenvalue weighted by molar-refractivity contribution is 5.67. The van der Waals surface area contributed by atoms with E-state index in [1.54, 1.807) is 7.11 Å². The quantitative estimate of drug-likeness (QED) is 0.723. The number of ether oxygens (including phenoxy) is 1. The maximum Gasteiger partial charge on any atom is 0.303 e. The minimum Gasteiger partial charge on any atom is -0.481 e. The lowest BCUT2D eigenvalue weighted by molar-refractivity contribution is -0.140. The van der Waals surface area contributed by atoms with Gasteiger partial charge < -0.3 is 14.7 Å². The topological polar surface area (TPSA) is 49.8 Å². The zero-order valence-corrected chi connectivity index (χ0v) is 11.2. The molecule has 0 bridgehead atoms. The normalized spacial score (nSPS) is 24.8. The van der Waals surface area contributed by atoms with E-state index in [0.29, 0.717) is 12.3 Å². The fourth-order valence-corrected chi connectivity index (χ4v) is 2.73. The molecular weight excluding hydrogens is 218 g/mol. The summed E-state index contributed by atoms with van der Waals surface area (Å²) in [4.78, 5) is 13.2. The number of aliphatic carboxylic acids is 1. The van der Waals surface area contributed by atoms with Crippen molar-refractivity contribution in [1.29, 1.82) is 0 Å². The Balaban J connectivity index is 2.41. The highest BCUT2D eigenvalue weighted by Crippen LogP contribution is 2.36. The summed E-state index contributed by atoms with van der Waals surface area (Å²) in [5, 5.41) is 8.91. The third-order valence-corrected chi connectivity index (χ3v) is 3.77. The second-order valence-corrected chi connectivity index (χ2v) is 5.69. The first-order valence-electron chi connectivity index (χ1n) is 6.39. The van der Waals surface area contributed by atoms with Gasteiger partial charge in [0.15, 0.2) is 0 Å². The number of methoxy groups -OCH3 is 1. The van der Waals surface area contributed by atoms with Crippen molar-refractivity contribution in [2.24, 2.45) is 11.3 Å². The van der Waals surface area contributed by atoms with E-state index in [-0.39, 0.29) is 5.41 Å². The van der Waals surface area contributed by atoms with E-state index in [9.17, 15) is 4.79 Å². The van der Waals surface area contributed by atoms with Crippen molar-refractivity contribution in [2.75, 3.05) is 33.4 Å². The minimum absolute atomic E-state index is 0.101. The molecule has 1 aliphatic heterocycles. The summed E-state index contributed by atoms with van der Waals surface area (Å²) < 4.78 is 5.05. The number of hydrogen-bond acceptors (Lipinski definition) is 3. The average Bonchev–Trinajstić information content (AvgIpc) is 2.21. The fraction of sp³-hybridized carbons (Fsp3) is 0.923. The van der Waals surface area contributed by atoms with E-state index >= 15 is 0 Å². The Bertz CT molecular complexity index is 253. The van der Waals surface area contributed by atoms with Crippen molar-refractivity contribution in [2.45, 2.75) is 33.1 Å². The van der Waals surface area contributed by atoms with Gasteiger partial charge >= 0.3 is 5.97 Å². The molecule has 1 heterocycles. The van der Waals surface area contributed by atoms with Gasteiger partial charge in [0.05, 0.1) is 0 Å². The van der Waals surface area contributed by atoms with Crippen LogP contribution in [0.15, 0.2) is 0 Å². The molecular formula is C13H25NO3. The van der Waals surface area contributed by atoms with E-state index in [1.165, 1.54) is 0 Å². The number of likely N-dealkylation sites (tertiary alicyclic amines) is 1. The van der Waals surface area contributed by atoms with E-state index in [0.717, 1.165) is 39.1 Å². The molecule has 0 aromatic carbocycles. The lowest BCUT2D eigenvalue weighted by Gasteiger charge is -2.44. The number of carboxylic acid groups (broad SMARTS) is 1. The SMILES string of the molecule is COCCCN1CCC(CC(=O)O)C(C)(C)C1. The zero-order valence-electron chi connectivity index (χ0n) is 11.2. The first-order valence-corrected chi connectivity index (χ1v) is 6.39. The first kappa shape index (κ1) is 14.5. The van der Waals surface area contributed by atoms with Gasteiger partial charge in [-0.15, -0.1) is 0 Å². The molecule has 0 spiro atoms. The van der Waals surface area contributed by atoms with Gasteiger partial charge in [0, 0.05) is 33.2 Å². The van der Waals surface area contributed by atoms with E-state index in [4.69, 9.17) is 9.84 Å². The molecule has 100 valence electrons. The summed E-state index contributed by atoms with van der Waals surface area (Å²) in [5.74, 6) is -0.366. The second kappa shape index (κ2) is 6.36. The Morgan fingerprint density at radius 2 is 2.24 bits per heavy atom. The molecule has 0 saturated carbocycles. The molecule has 0 radical (unpaired) electrons. The molecule has 1 unspecified atom stereocenters. The van der Waals surface area contributed by atoms with Crippen LogP contribution in [-0.2, 0) is 9.53 Å². The lowest BCUT2D eigenvalue weighted by Crippen LogP contribution is -2.46. The second-order valence-electron chi connectivity index (χ2n) is 5.69. The van der Waals surface area contributed by atoms with Crippen molar-refractivity contribution < 1.29 is 14.6 Å². The molecule has 0 amide bonds. The standard InChI is InChI=1S/C13H25NO3/c1-13(2)10-14(6-4-8-17-3)7-5-11(13)9-12(15)16/h11H,4-10H2,1-3H3,(H,15,16). The molecule has 4 heteroatoms. The predicted octanol–water partition coefficient (Wildman–Crippen LogP) is 1.85. The monoisotopic (exact) mass is 243 g/mol. The summed E-state index contributed by atoms with van der Waals surface area (Å²) in [6.07, 6.45) is 2.35. The molecule has 1 fully saturated rings. The van der Waals surface area contributed by atoms with Crippen LogP contribution in [0, 0.1) is 11.3 Å². The maximum absolute atomic E-state index is 10.8. The van der Waals surface area contributed by atoms with Crippen molar-refractivity contribution in [3.63, 3.8) is 0 Å². The van der Waals surface area contributed by atoms with Crippen LogP contribution in [0.4, 0.5) is 0 Å². The summed E-state index contributed by atoms with van der Waals surface area (Å²) >= 11 is 0. The summed E-state index contributed by atoms with van der Waals surface area (Å²) in [6.45, 7) is 8.23. The van der Waals surface area contributed by atoms with E-state index in [2.05, 4.69) is 18.7 Å². The van der Waals surface area contributed by atoms with Gasteiger partial charge in [-0.1, -0.05) is 13.8 Å². The largest absolute Gasteiger partial charge is 0.481 e. The smallest absolute Gasteiger partial charge is 0.303 e. The molecule has 0 aromatic rings. The summed E-state index contributed by atoms with van der Waals surface area (Å²) in [5.41, 5.74) is 0.101. The Hall–Kier alpha value is -0.610. The molecule has 0 aromatic heterocycles. The van der Waals surface area contributed by atoms with Crippen LogP contribution in [0.3, 0.4) is 0 Å². The van der Waals surface area contributed by atoms with Crippen LogP contribution in [0.25, 0.3) is 0 Å². The van der Waals surface area contributed by atoms with Gasteiger partial charge in [0.2, 0.25) is 0 Å². The summed E-state index contributed by atoms with van der Waals surface area (Å²) in [7, 11) is 1.73. The number of carbonyl (C=O) groups is 1. The van der Waals surface area contributed by atoms with Crippen molar-refractivity contribution in [3.8, 4) is 0 Å². The molecule has 4 nitrogen and oxygen atoms in total. The molecule has 1 atom stereocenters. The van der Waals surface area contributed by atoms with Crippen LogP contribution in [0.1, 0.15) is 33.1 Å². The number of nitrogens with zero attached hydrogens (tertiary/aromatic N) is 1. The predicted molar refractivity (Wildman–Crippen MR) is 67.1 cm³/mol. The third-order valence-electron chi connectivity index (χ3n) is 3.77. The molecule has 1 N–H and O–H groups in total. The van der Waals surface area contributed by atoms with Crippen LogP contribution in [-0.4, -0.2) is 49.3 Å². The number of rotatable bonds is 6. The minimum atomic E-state index is -0.670. The Morgan fingerprint density at radius 3 is 2.76 bits per heavy atom. The third kappa shape index (κ3) is 4.64. The average molecular weight is 243 g/mol. The number of carboxylic acids is 1. The highest BCUT2D eigenvalue weighted by atomic mass is 16.5. The summed E-state index contributed by atoms with van der Waals surface area (Å²) in [6, 6.07) is 0. The van der Waals surface area contributed by atoms with Crippen LogP contribution >= 0.6 is 0 Å². The van der Waals surface area contributed by atoms with Gasteiger partial charge in [-0.05, 0) is 30.7 Å². The lowest BCUT2D eigenvalue weighted by atomic mass is 9.72. The molecule has 1 aliphatic rings. The molecule has 1 rings (SSSR count). The number of piperidine rings is 1. The van der Waals surface area contributed by atoms with Gasteiger partial charge in [-0.3, -0.25) is 4.79 Å². The van der Waals surface area contributed by atoms with Crippen molar-refractivity contribution in [1.82, 2.24) is 4.90 Å². The van der Waals surface area contributed by atoms with E-state index < -0.39 is 5.97 Å². The van der Waals surface area contributed by atoms with Crippen molar-refractivity contribution in [3.05, 3.63) is 0 Å². The van der Waals surface area contributed by atoms with Crippen LogP contribution in [0.5, 0.6) is 0 Å². The first-order chi connectivity index (χ1) is 7.95. The fourth-order valence-electron chi connectivity index (χ4n) is 2.73. The van der Waals surface area contributed by atoms with Gasteiger partial charge in [0.25, 0.3) is 0 Å². The van der Waals surface area contributed by atoms with Crippen molar-refractivity contribution >= 4 is 5.97 Å². The molecule has 1 saturated heterocycles. The van der Waals surface area contributed by atoms with Gasteiger partial charge in [-0.2, -0.15) is 0 Å². The van der Waals surface area contributed by atoms with E-state index in [1.807, 2.05) is 0 Å². The zero-order chi connectivity index (χ0) is 12.9. The van der Waals surface area contributed by atoms with Gasteiger partial charge in [0.1, 0.15) is 0 Å². The number of hydrogen-bond donors (Lipinski definition) is 1. The Kier molecular flexibility index (Phi) is 5.40. The molecule has 17 heavy (non-hydrogen) atoms. The Morgan fingerprint density at radius 1 is 1.53 bits per heavy atom. The van der Waals surface area contributed by atoms with Crippen LogP contribution in [0.2, 0.25) is 0 Å².